The van der Waals surface area contributed by atoms with Crippen LogP contribution in [0.25, 0.3) is 10.2 Å². The molecule has 1 amide bonds. The fourth-order valence-electron chi connectivity index (χ4n) is 2.46. The molecule has 7 heteroatoms. The van der Waals surface area contributed by atoms with Crippen LogP contribution in [0.2, 0.25) is 0 Å². The zero-order chi connectivity index (χ0) is 17.3. The number of aryl methyl sites for hydroxylation is 2. The lowest BCUT2D eigenvalue weighted by Crippen LogP contribution is -2.23. The van der Waals surface area contributed by atoms with Crippen LogP contribution in [-0.2, 0) is 14.6 Å². The van der Waals surface area contributed by atoms with E-state index in [0.717, 1.165) is 27.2 Å². The van der Waals surface area contributed by atoms with Gasteiger partial charge < -0.3 is 5.32 Å². The van der Waals surface area contributed by atoms with E-state index in [0.29, 0.717) is 11.2 Å². The number of thiazole rings is 1. The number of carbonyl (C=O) groups is 1. The van der Waals surface area contributed by atoms with Crippen LogP contribution in [0.15, 0.2) is 46.8 Å². The predicted octanol–water partition coefficient (Wildman–Crippen LogP) is 3.33. The molecule has 3 aromatic rings. The van der Waals surface area contributed by atoms with Crippen LogP contribution < -0.4 is 5.32 Å². The first-order valence-electron chi connectivity index (χ1n) is 7.30. The van der Waals surface area contributed by atoms with E-state index in [1.807, 2.05) is 32.0 Å². The molecule has 3 rings (SSSR count). The number of para-hydroxylation sites is 1. The zero-order valence-electron chi connectivity index (χ0n) is 13.2. The van der Waals surface area contributed by atoms with Crippen molar-refractivity contribution in [1.82, 2.24) is 4.98 Å². The lowest BCUT2D eigenvalue weighted by Gasteiger charge is -2.07. The normalized spacial score (nSPS) is 11.6. The zero-order valence-corrected chi connectivity index (χ0v) is 14.9. The lowest BCUT2D eigenvalue weighted by atomic mass is 10.1. The molecule has 0 bridgehead atoms. The second-order valence-corrected chi connectivity index (χ2v) is 8.83. The SMILES string of the molecule is Cc1cc(C)cc(NC(=O)CS(=O)(=O)c2nc3ccccc3s2)c1. The van der Waals surface area contributed by atoms with Crippen molar-refractivity contribution < 1.29 is 13.2 Å². The maximum absolute atomic E-state index is 12.4. The monoisotopic (exact) mass is 360 g/mol. The van der Waals surface area contributed by atoms with Crippen molar-refractivity contribution in [3.8, 4) is 0 Å². The number of aromatic nitrogens is 1. The van der Waals surface area contributed by atoms with Crippen LogP contribution >= 0.6 is 11.3 Å². The van der Waals surface area contributed by atoms with E-state index in [9.17, 15) is 13.2 Å². The molecule has 0 aliphatic carbocycles. The van der Waals surface area contributed by atoms with Crippen LogP contribution in [0.4, 0.5) is 5.69 Å². The van der Waals surface area contributed by atoms with Crippen LogP contribution in [0.1, 0.15) is 11.1 Å². The molecule has 1 heterocycles. The molecule has 0 unspecified atom stereocenters. The standard InChI is InChI=1S/C17H16N2O3S2/c1-11-7-12(2)9-13(8-11)18-16(20)10-24(21,22)17-19-14-5-3-4-6-15(14)23-17/h3-9H,10H2,1-2H3,(H,18,20). The predicted molar refractivity (Wildman–Crippen MR) is 96.2 cm³/mol. The number of rotatable bonds is 4. The molecular formula is C17H16N2O3S2. The van der Waals surface area contributed by atoms with Gasteiger partial charge in [-0.15, -0.1) is 11.3 Å². The Morgan fingerprint density at radius 3 is 2.46 bits per heavy atom. The van der Waals surface area contributed by atoms with Crippen LogP contribution in [0, 0.1) is 13.8 Å². The maximum Gasteiger partial charge on any atom is 0.240 e. The van der Waals surface area contributed by atoms with Gasteiger partial charge in [0.05, 0.1) is 10.2 Å². The summed E-state index contributed by atoms with van der Waals surface area (Å²) in [6.45, 7) is 3.83. The topological polar surface area (TPSA) is 76.1 Å². The molecule has 24 heavy (non-hydrogen) atoms. The molecule has 124 valence electrons. The number of nitrogens with one attached hydrogen (secondary N) is 1. The van der Waals surface area contributed by atoms with Crippen LogP contribution in [0.5, 0.6) is 0 Å². The molecule has 0 spiro atoms. The molecule has 0 radical (unpaired) electrons. The van der Waals surface area contributed by atoms with Crippen LogP contribution in [-0.4, -0.2) is 25.1 Å². The Morgan fingerprint density at radius 1 is 1.12 bits per heavy atom. The van der Waals surface area contributed by atoms with Gasteiger partial charge in [-0.3, -0.25) is 4.79 Å². The molecule has 0 fully saturated rings. The molecule has 0 saturated heterocycles. The summed E-state index contributed by atoms with van der Waals surface area (Å²) < 4.78 is 25.6. The minimum atomic E-state index is -3.77. The largest absolute Gasteiger partial charge is 0.325 e. The Bertz CT molecular complexity index is 970. The third-order valence-electron chi connectivity index (χ3n) is 3.37. The van der Waals surface area contributed by atoms with Crippen molar-refractivity contribution in [2.45, 2.75) is 18.2 Å². The maximum atomic E-state index is 12.4. The van der Waals surface area contributed by atoms with Gasteiger partial charge in [-0.1, -0.05) is 18.2 Å². The van der Waals surface area contributed by atoms with Gasteiger partial charge in [-0.2, -0.15) is 0 Å². The van der Waals surface area contributed by atoms with Gasteiger partial charge in [0.25, 0.3) is 0 Å². The smallest absolute Gasteiger partial charge is 0.240 e. The number of benzene rings is 2. The Labute approximate surface area is 144 Å². The third-order valence-corrected chi connectivity index (χ3v) is 6.48. The first kappa shape index (κ1) is 16.6. The quantitative estimate of drug-likeness (QED) is 0.774. The molecular weight excluding hydrogens is 344 g/mol. The Hall–Kier alpha value is -2.25. The van der Waals surface area contributed by atoms with Crippen LogP contribution in [0.3, 0.4) is 0 Å². The molecule has 0 aliphatic rings. The van der Waals surface area contributed by atoms with Crippen molar-refractivity contribution in [2.75, 3.05) is 11.1 Å². The Morgan fingerprint density at radius 2 is 1.79 bits per heavy atom. The van der Waals surface area contributed by atoms with Crippen molar-refractivity contribution in [3.63, 3.8) is 0 Å². The molecule has 1 N–H and O–H groups in total. The summed E-state index contributed by atoms with van der Waals surface area (Å²) in [5.41, 5.74) is 3.21. The second-order valence-electron chi connectivity index (χ2n) is 5.63. The Kier molecular flexibility index (Phi) is 4.38. The van der Waals surface area contributed by atoms with Gasteiger partial charge >= 0.3 is 0 Å². The van der Waals surface area contributed by atoms with Crippen molar-refractivity contribution >= 4 is 43.0 Å². The van der Waals surface area contributed by atoms with E-state index in [-0.39, 0.29) is 4.34 Å². The first-order valence-corrected chi connectivity index (χ1v) is 9.77. The first-order chi connectivity index (χ1) is 11.3. The highest BCUT2D eigenvalue weighted by Gasteiger charge is 2.23. The van der Waals surface area contributed by atoms with Crippen molar-refractivity contribution in [1.29, 1.82) is 0 Å². The minimum Gasteiger partial charge on any atom is -0.325 e. The van der Waals surface area contributed by atoms with Crippen molar-refractivity contribution in [2.24, 2.45) is 0 Å². The number of carbonyl (C=O) groups excluding carboxylic acids is 1. The summed E-state index contributed by atoms with van der Waals surface area (Å²) in [5, 5.41) is 2.64. The number of hydrogen-bond acceptors (Lipinski definition) is 5. The molecule has 5 nitrogen and oxygen atoms in total. The van der Waals surface area contributed by atoms with Crippen molar-refractivity contribution in [3.05, 3.63) is 53.6 Å². The number of nitrogens with zero attached hydrogens (tertiary/aromatic N) is 1. The highest BCUT2D eigenvalue weighted by molar-refractivity contribution is 7.94. The lowest BCUT2D eigenvalue weighted by molar-refractivity contribution is -0.113. The molecule has 0 aliphatic heterocycles. The van der Waals surface area contributed by atoms with E-state index in [4.69, 9.17) is 0 Å². The van der Waals surface area contributed by atoms with Gasteiger partial charge in [0.1, 0.15) is 5.75 Å². The summed E-state index contributed by atoms with van der Waals surface area (Å²) in [6, 6.07) is 12.8. The van der Waals surface area contributed by atoms with E-state index in [1.165, 1.54) is 0 Å². The number of amides is 1. The fraction of sp³-hybridized carbons (Fsp3) is 0.176. The number of fused-ring (bicyclic) bond motifs is 1. The summed E-state index contributed by atoms with van der Waals surface area (Å²) in [5.74, 6) is -1.20. The highest BCUT2D eigenvalue weighted by atomic mass is 32.2. The third kappa shape index (κ3) is 3.63. The second kappa shape index (κ2) is 6.33. The highest BCUT2D eigenvalue weighted by Crippen LogP contribution is 2.26. The number of sulfone groups is 1. The van der Waals surface area contributed by atoms with Gasteiger partial charge in [0.15, 0.2) is 0 Å². The molecule has 0 atom stereocenters. The van der Waals surface area contributed by atoms with Gasteiger partial charge in [-0.25, -0.2) is 13.4 Å². The summed E-state index contributed by atoms with van der Waals surface area (Å²) in [6.07, 6.45) is 0. The molecule has 1 aromatic heterocycles. The van der Waals surface area contributed by atoms with Gasteiger partial charge in [-0.05, 0) is 49.2 Å². The Balaban J connectivity index is 1.79. The number of anilines is 1. The summed E-state index contributed by atoms with van der Waals surface area (Å²) >= 11 is 1.08. The average molecular weight is 360 g/mol. The summed E-state index contributed by atoms with van der Waals surface area (Å²) in [4.78, 5) is 16.2. The minimum absolute atomic E-state index is 0.0285. The van der Waals surface area contributed by atoms with Gasteiger partial charge in [0.2, 0.25) is 20.1 Å². The van der Waals surface area contributed by atoms with E-state index in [1.54, 1.807) is 24.3 Å². The molecule has 2 aromatic carbocycles. The average Bonchev–Trinajstić information content (AvgIpc) is 2.90. The molecule has 0 saturated carbocycles. The fourth-order valence-corrected chi connectivity index (χ4v) is 4.89. The summed E-state index contributed by atoms with van der Waals surface area (Å²) in [7, 11) is -3.77. The van der Waals surface area contributed by atoms with E-state index < -0.39 is 21.5 Å². The van der Waals surface area contributed by atoms with E-state index in [2.05, 4.69) is 10.3 Å². The van der Waals surface area contributed by atoms with Gasteiger partial charge in [0, 0.05) is 5.69 Å². The number of hydrogen-bond donors (Lipinski definition) is 1. The van der Waals surface area contributed by atoms with E-state index >= 15 is 0 Å².